The van der Waals surface area contributed by atoms with Gasteiger partial charge in [-0.05, 0) is 55.5 Å². The second-order valence-electron chi connectivity index (χ2n) is 8.87. The zero-order valence-corrected chi connectivity index (χ0v) is 18.7. The summed E-state index contributed by atoms with van der Waals surface area (Å²) in [4.78, 5) is 41.4. The monoisotopic (exact) mass is 469 g/mol. The van der Waals surface area contributed by atoms with E-state index in [1.54, 1.807) is 16.7 Å². The molecule has 0 unspecified atom stereocenters. The minimum Gasteiger partial charge on any atom is -0.481 e. The average molecular weight is 470 g/mol. The van der Waals surface area contributed by atoms with Gasteiger partial charge in [0, 0.05) is 58.2 Å². The van der Waals surface area contributed by atoms with Gasteiger partial charge in [0.2, 0.25) is 5.91 Å². The molecule has 2 amide bonds. The number of carbonyl (C=O) groups is 3. The number of halogens is 3. The smallest absolute Gasteiger partial charge is 0.416 e. The lowest BCUT2D eigenvalue weighted by Crippen LogP contribution is -2.49. The summed E-state index contributed by atoms with van der Waals surface area (Å²) in [6.07, 6.45) is -3.17. The van der Waals surface area contributed by atoms with Crippen LogP contribution in [0.2, 0.25) is 0 Å². The molecule has 0 saturated carbocycles. The Bertz CT molecular complexity index is 852. The molecule has 0 aliphatic carbocycles. The van der Waals surface area contributed by atoms with Crippen molar-refractivity contribution < 1.29 is 32.7 Å². The van der Waals surface area contributed by atoms with Crippen molar-refractivity contribution in [1.29, 1.82) is 0 Å². The molecular weight excluding hydrogens is 439 g/mol. The average Bonchev–Trinajstić information content (AvgIpc) is 2.77. The summed E-state index contributed by atoms with van der Waals surface area (Å²) in [5, 5.41) is 9.31. The topological polar surface area (TPSA) is 81.2 Å². The Hall–Kier alpha value is -2.62. The number of rotatable bonds is 6. The van der Waals surface area contributed by atoms with Gasteiger partial charge >= 0.3 is 12.1 Å². The molecule has 2 aliphatic heterocycles. The van der Waals surface area contributed by atoms with E-state index < -0.39 is 17.7 Å². The summed E-state index contributed by atoms with van der Waals surface area (Å²) in [7, 11) is 0. The fourth-order valence-electron chi connectivity index (χ4n) is 4.70. The highest BCUT2D eigenvalue weighted by Gasteiger charge is 2.34. The number of carboxylic acids is 1. The highest BCUT2D eigenvalue weighted by molar-refractivity contribution is 5.94. The van der Waals surface area contributed by atoms with E-state index >= 15 is 0 Å². The van der Waals surface area contributed by atoms with Crippen molar-refractivity contribution in [2.75, 3.05) is 45.8 Å². The summed E-state index contributed by atoms with van der Waals surface area (Å²) in [6.45, 7) is 5.89. The number of carbonyl (C=O) groups excluding carboxylic acids is 2. The third-order valence-corrected chi connectivity index (χ3v) is 6.71. The minimum absolute atomic E-state index is 0.0147. The van der Waals surface area contributed by atoms with Gasteiger partial charge in [-0.3, -0.25) is 19.3 Å². The summed E-state index contributed by atoms with van der Waals surface area (Å²) in [5.41, 5.74) is -0.610. The molecule has 2 heterocycles. The zero-order chi connectivity index (χ0) is 24.2. The zero-order valence-electron chi connectivity index (χ0n) is 18.7. The van der Waals surface area contributed by atoms with Gasteiger partial charge in [-0.15, -0.1) is 0 Å². The number of hydrogen-bond acceptors (Lipinski definition) is 4. The van der Waals surface area contributed by atoms with Crippen LogP contribution in [0.15, 0.2) is 24.3 Å². The van der Waals surface area contributed by atoms with Crippen molar-refractivity contribution in [3.63, 3.8) is 0 Å². The predicted octanol–water partition coefficient (Wildman–Crippen LogP) is 2.81. The molecule has 2 atom stereocenters. The Labute approximate surface area is 191 Å². The molecule has 7 nitrogen and oxygen atoms in total. The van der Waals surface area contributed by atoms with Crippen LogP contribution < -0.4 is 0 Å². The lowest BCUT2D eigenvalue weighted by molar-refractivity contribution is -0.139. The second-order valence-corrected chi connectivity index (χ2v) is 8.87. The summed E-state index contributed by atoms with van der Waals surface area (Å²) < 4.78 is 38.4. The van der Waals surface area contributed by atoms with Crippen LogP contribution in [-0.4, -0.2) is 83.4 Å². The van der Waals surface area contributed by atoms with Crippen molar-refractivity contribution in [3.05, 3.63) is 35.4 Å². The van der Waals surface area contributed by atoms with Crippen LogP contribution in [0.3, 0.4) is 0 Å². The van der Waals surface area contributed by atoms with E-state index in [0.717, 1.165) is 38.2 Å². The highest BCUT2D eigenvalue weighted by atomic mass is 19.4. The molecule has 10 heteroatoms. The van der Waals surface area contributed by atoms with Gasteiger partial charge in [-0.2, -0.15) is 13.2 Å². The first-order valence-electron chi connectivity index (χ1n) is 11.2. The summed E-state index contributed by atoms with van der Waals surface area (Å²) >= 11 is 0. The van der Waals surface area contributed by atoms with Gasteiger partial charge in [-0.1, -0.05) is 0 Å². The van der Waals surface area contributed by atoms with Gasteiger partial charge in [0.25, 0.3) is 5.91 Å². The number of piperidine rings is 1. The molecular formula is C23H30F3N3O4. The molecule has 33 heavy (non-hydrogen) atoms. The Morgan fingerprint density at radius 3 is 2.15 bits per heavy atom. The Morgan fingerprint density at radius 2 is 1.61 bits per heavy atom. The van der Waals surface area contributed by atoms with Crippen molar-refractivity contribution in [1.82, 2.24) is 14.7 Å². The van der Waals surface area contributed by atoms with Gasteiger partial charge < -0.3 is 14.9 Å². The number of alkyl halides is 3. The lowest BCUT2D eigenvalue weighted by atomic mass is 9.81. The first kappa shape index (κ1) is 25.0. The number of piperazine rings is 1. The van der Waals surface area contributed by atoms with E-state index in [0.29, 0.717) is 32.6 Å². The summed E-state index contributed by atoms with van der Waals surface area (Å²) in [6, 6.07) is 4.20. The number of hydrogen-bond donors (Lipinski definition) is 1. The number of carboxylic acid groups (broad SMARTS) is 1. The number of benzene rings is 1. The summed E-state index contributed by atoms with van der Waals surface area (Å²) in [5.74, 6) is -1.22. The van der Waals surface area contributed by atoms with Crippen LogP contribution in [0.25, 0.3) is 0 Å². The molecule has 0 radical (unpaired) electrons. The molecule has 0 spiro atoms. The minimum atomic E-state index is -4.46. The van der Waals surface area contributed by atoms with Crippen LogP contribution in [0, 0.1) is 11.8 Å². The molecule has 2 fully saturated rings. The van der Waals surface area contributed by atoms with Crippen LogP contribution >= 0.6 is 0 Å². The molecule has 2 aliphatic rings. The van der Waals surface area contributed by atoms with E-state index in [2.05, 4.69) is 4.90 Å². The molecule has 2 saturated heterocycles. The Balaban J connectivity index is 1.62. The van der Waals surface area contributed by atoms with Gasteiger partial charge in [-0.25, -0.2) is 0 Å². The molecule has 182 valence electrons. The lowest BCUT2D eigenvalue weighted by Gasteiger charge is -2.40. The quantitative estimate of drug-likeness (QED) is 0.693. The third kappa shape index (κ3) is 6.69. The van der Waals surface area contributed by atoms with E-state index in [9.17, 15) is 32.7 Å². The first-order chi connectivity index (χ1) is 15.5. The second kappa shape index (κ2) is 10.5. The predicted molar refractivity (Wildman–Crippen MR) is 115 cm³/mol. The number of nitrogens with zero attached hydrogens (tertiary/aromatic N) is 3. The maximum absolute atomic E-state index is 12.9. The fourth-order valence-corrected chi connectivity index (χ4v) is 4.70. The van der Waals surface area contributed by atoms with Crippen molar-refractivity contribution in [2.24, 2.45) is 11.8 Å². The van der Waals surface area contributed by atoms with Gasteiger partial charge in [0.15, 0.2) is 0 Å². The SMILES string of the molecule is CC(=O)N1CCN(CC[C@@H]2CN(C(=O)c3ccc(C(F)(F)F)cc3)CC[C@H]2CC(=O)O)CC1. The Morgan fingerprint density at radius 1 is 0.970 bits per heavy atom. The third-order valence-electron chi connectivity index (χ3n) is 6.71. The number of amides is 2. The standard InChI is InChI=1S/C23H30F3N3O4/c1-16(30)28-12-10-27(11-13-28)8-6-19-15-29(9-7-18(19)14-21(31)32)22(33)17-2-4-20(5-3-17)23(24,25)26/h2-5,18-19H,6-15H2,1H3,(H,31,32)/t18-,19+/m0/s1. The molecule has 0 bridgehead atoms. The van der Waals surface area contributed by atoms with Crippen LogP contribution in [0.4, 0.5) is 13.2 Å². The largest absolute Gasteiger partial charge is 0.481 e. The fraction of sp³-hybridized carbons (Fsp3) is 0.609. The number of aliphatic carboxylic acids is 1. The maximum Gasteiger partial charge on any atom is 0.416 e. The first-order valence-corrected chi connectivity index (χ1v) is 11.2. The number of likely N-dealkylation sites (tertiary alicyclic amines) is 1. The van der Waals surface area contributed by atoms with Crippen molar-refractivity contribution >= 4 is 17.8 Å². The van der Waals surface area contributed by atoms with Gasteiger partial charge in [0.05, 0.1) is 5.56 Å². The van der Waals surface area contributed by atoms with Crippen LogP contribution in [0.5, 0.6) is 0 Å². The van der Waals surface area contributed by atoms with Crippen molar-refractivity contribution in [2.45, 2.75) is 32.4 Å². The van der Waals surface area contributed by atoms with Crippen LogP contribution in [-0.2, 0) is 15.8 Å². The van der Waals surface area contributed by atoms with E-state index in [4.69, 9.17) is 0 Å². The van der Waals surface area contributed by atoms with Crippen LogP contribution in [0.1, 0.15) is 42.1 Å². The molecule has 1 aromatic carbocycles. The normalized spacial score (nSPS) is 22.3. The van der Waals surface area contributed by atoms with Gasteiger partial charge in [0.1, 0.15) is 0 Å². The van der Waals surface area contributed by atoms with Crippen molar-refractivity contribution in [3.8, 4) is 0 Å². The van der Waals surface area contributed by atoms with E-state index in [1.807, 2.05) is 0 Å². The molecule has 3 rings (SSSR count). The maximum atomic E-state index is 12.9. The molecule has 1 N–H and O–H groups in total. The molecule has 0 aromatic heterocycles. The highest BCUT2D eigenvalue weighted by Crippen LogP contribution is 2.32. The van der Waals surface area contributed by atoms with E-state index in [-0.39, 0.29) is 35.6 Å². The van der Waals surface area contributed by atoms with E-state index in [1.165, 1.54) is 12.1 Å². The molecule has 1 aromatic rings. The Kier molecular flexibility index (Phi) is 7.99.